The summed E-state index contributed by atoms with van der Waals surface area (Å²) in [6.07, 6.45) is 0.0276. The van der Waals surface area contributed by atoms with Gasteiger partial charge in [0.1, 0.15) is 11.7 Å². The van der Waals surface area contributed by atoms with Crippen LogP contribution in [0.1, 0.15) is 27.2 Å². The zero-order valence-corrected chi connectivity index (χ0v) is 13.1. The van der Waals surface area contributed by atoms with Gasteiger partial charge in [0, 0.05) is 18.0 Å². The third-order valence-corrected chi connectivity index (χ3v) is 3.22. The summed E-state index contributed by atoms with van der Waals surface area (Å²) in [5.41, 5.74) is -0.529. The van der Waals surface area contributed by atoms with Crippen LogP contribution in [0.4, 0.5) is 9.18 Å². The van der Waals surface area contributed by atoms with Crippen molar-refractivity contribution >= 4 is 17.7 Å². The highest BCUT2D eigenvalue weighted by molar-refractivity contribution is 6.30. The lowest BCUT2D eigenvalue weighted by molar-refractivity contribution is 0.0275. The predicted octanol–water partition coefficient (Wildman–Crippen LogP) is 3.87. The van der Waals surface area contributed by atoms with E-state index < -0.39 is 11.4 Å². The highest BCUT2D eigenvalue weighted by Crippen LogP contribution is 2.25. The van der Waals surface area contributed by atoms with E-state index >= 15 is 0 Å². The molecule has 21 heavy (non-hydrogen) atoms. The SMILES string of the molecule is CC(C)(C)OC(=O)N1CC[C@H](Oc2ccc(Cl)cc2F)C1. The van der Waals surface area contributed by atoms with Crippen LogP contribution in [0.2, 0.25) is 5.02 Å². The summed E-state index contributed by atoms with van der Waals surface area (Å²) in [5.74, 6) is -0.353. The first kappa shape index (κ1) is 15.9. The monoisotopic (exact) mass is 315 g/mol. The number of halogens is 2. The summed E-state index contributed by atoms with van der Waals surface area (Å²) in [4.78, 5) is 13.5. The average Bonchev–Trinajstić information content (AvgIpc) is 2.79. The van der Waals surface area contributed by atoms with E-state index in [-0.39, 0.29) is 17.9 Å². The molecule has 1 aliphatic rings. The third-order valence-electron chi connectivity index (χ3n) is 2.98. The summed E-state index contributed by atoms with van der Waals surface area (Å²) in [7, 11) is 0. The Hall–Kier alpha value is -1.49. The van der Waals surface area contributed by atoms with Crippen LogP contribution in [0.3, 0.4) is 0 Å². The van der Waals surface area contributed by atoms with Gasteiger partial charge >= 0.3 is 6.09 Å². The predicted molar refractivity (Wildman–Crippen MR) is 78.3 cm³/mol. The Bertz CT molecular complexity index is 530. The van der Waals surface area contributed by atoms with E-state index in [1.165, 1.54) is 12.1 Å². The smallest absolute Gasteiger partial charge is 0.410 e. The van der Waals surface area contributed by atoms with Gasteiger partial charge in [-0.05, 0) is 39.0 Å². The molecule has 0 spiro atoms. The molecule has 2 rings (SSSR count). The van der Waals surface area contributed by atoms with Gasteiger partial charge in [-0.25, -0.2) is 9.18 Å². The molecule has 1 amide bonds. The molecule has 0 bridgehead atoms. The number of amides is 1. The Kier molecular flexibility index (Phi) is 4.61. The van der Waals surface area contributed by atoms with Gasteiger partial charge in [-0.2, -0.15) is 0 Å². The Morgan fingerprint density at radius 3 is 2.76 bits per heavy atom. The van der Waals surface area contributed by atoms with Crippen LogP contribution < -0.4 is 4.74 Å². The molecule has 6 heteroatoms. The number of carbonyl (C=O) groups excluding carboxylic acids is 1. The van der Waals surface area contributed by atoms with Crippen LogP contribution in [0, 0.1) is 5.82 Å². The molecule has 1 saturated heterocycles. The molecule has 1 aliphatic heterocycles. The topological polar surface area (TPSA) is 38.8 Å². The van der Waals surface area contributed by atoms with Crippen molar-refractivity contribution in [1.29, 1.82) is 0 Å². The fourth-order valence-corrected chi connectivity index (χ4v) is 2.23. The zero-order chi connectivity index (χ0) is 15.6. The van der Waals surface area contributed by atoms with Crippen molar-refractivity contribution in [3.63, 3.8) is 0 Å². The lowest BCUT2D eigenvalue weighted by Gasteiger charge is -2.24. The first-order valence-electron chi connectivity index (χ1n) is 6.84. The minimum Gasteiger partial charge on any atom is -0.485 e. The zero-order valence-electron chi connectivity index (χ0n) is 12.4. The summed E-state index contributed by atoms with van der Waals surface area (Å²) >= 11 is 5.69. The molecule has 0 saturated carbocycles. The summed E-state index contributed by atoms with van der Waals surface area (Å²) in [6.45, 7) is 6.37. The summed E-state index contributed by atoms with van der Waals surface area (Å²) in [6, 6.07) is 4.27. The van der Waals surface area contributed by atoms with Gasteiger partial charge in [0.05, 0.1) is 6.54 Å². The van der Waals surface area contributed by atoms with Gasteiger partial charge in [0.2, 0.25) is 0 Å². The number of ether oxygens (including phenoxy) is 2. The third kappa shape index (κ3) is 4.49. The average molecular weight is 316 g/mol. The van der Waals surface area contributed by atoms with Crippen molar-refractivity contribution < 1.29 is 18.7 Å². The Balaban J connectivity index is 1.92. The minimum absolute atomic E-state index is 0.149. The normalized spacial score (nSPS) is 18.7. The Morgan fingerprint density at radius 1 is 1.43 bits per heavy atom. The van der Waals surface area contributed by atoms with E-state index in [0.717, 1.165) is 0 Å². The molecule has 0 aromatic heterocycles. The number of nitrogens with zero attached hydrogens (tertiary/aromatic N) is 1. The van der Waals surface area contributed by atoms with E-state index in [2.05, 4.69) is 0 Å². The van der Waals surface area contributed by atoms with E-state index in [0.29, 0.717) is 24.5 Å². The van der Waals surface area contributed by atoms with Gasteiger partial charge in [0.15, 0.2) is 11.6 Å². The standard InChI is InChI=1S/C15H19ClFNO3/c1-15(2,3)21-14(19)18-7-6-11(9-18)20-13-5-4-10(16)8-12(13)17/h4-5,8,11H,6-7,9H2,1-3H3/t11-/m0/s1. The van der Waals surface area contributed by atoms with Crippen LogP contribution in [-0.2, 0) is 4.74 Å². The van der Waals surface area contributed by atoms with Crippen molar-refractivity contribution in [2.45, 2.75) is 38.9 Å². The van der Waals surface area contributed by atoms with Crippen LogP contribution >= 0.6 is 11.6 Å². The minimum atomic E-state index is -0.529. The van der Waals surface area contributed by atoms with Gasteiger partial charge in [-0.3, -0.25) is 0 Å². The maximum absolute atomic E-state index is 13.7. The van der Waals surface area contributed by atoms with Crippen LogP contribution in [0.5, 0.6) is 5.75 Å². The summed E-state index contributed by atoms with van der Waals surface area (Å²) < 4.78 is 24.6. The molecule has 1 atom stereocenters. The summed E-state index contributed by atoms with van der Waals surface area (Å²) in [5, 5.41) is 0.321. The second kappa shape index (κ2) is 6.10. The molecule has 0 N–H and O–H groups in total. The maximum atomic E-state index is 13.7. The molecule has 1 heterocycles. The maximum Gasteiger partial charge on any atom is 0.410 e. The lowest BCUT2D eigenvalue weighted by Crippen LogP contribution is -2.36. The molecule has 0 radical (unpaired) electrons. The molecular formula is C15H19ClFNO3. The number of carbonyl (C=O) groups is 1. The van der Waals surface area contributed by atoms with E-state index in [1.54, 1.807) is 11.0 Å². The van der Waals surface area contributed by atoms with Crippen molar-refractivity contribution in [2.75, 3.05) is 13.1 Å². The fraction of sp³-hybridized carbons (Fsp3) is 0.533. The van der Waals surface area contributed by atoms with Crippen molar-refractivity contribution in [3.05, 3.63) is 29.0 Å². The van der Waals surface area contributed by atoms with E-state index in [1.807, 2.05) is 20.8 Å². The van der Waals surface area contributed by atoms with Crippen LogP contribution in [0.25, 0.3) is 0 Å². The number of benzene rings is 1. The molecule has 0 aliphatic carbocycles. The van der Waals surface area contributed by atoms with Gasteiger partial charge in [-0.15, -0.1) is 0 Å². The largest absolute Gasteiger partial charge is 0.485 e. The first-order valence-corrected chi connectivity index (χ1v) is 7.22. The number of hydrogen-bond acceptors (Lipinski definition) is 3. The Labute approximate surface area is 128 Å². The van der Waals surface area contributed by atoms with E-state index in [4.69, 9.17) is 21.1 Å². The second-order valence-corrected chi connectivity index (χ2v) is 6.47. The molecule has 1 fully saturated rings. The molecule has 1 aromatic rings. The van der Waals surface area contributed by atoms with Crippen LogP contribution in [-0.4, -0.2) is 35.8 Å². The molecule has 4 nitrogen and oxygen atoms in total. The second-order valence-electron chi connectivity index (χ2n) is 6.03. The van der Waals surface area contributed by atoms with Gasteiger partial charge in [0.25, 0.3) is 0 Å². The van der Waals surface area contributed by atoms with Gasteiger partial charge < -0.3 is 14.4 Å². The van der Waals surface area contributed by atoms with Gasteiger partial charge in [-0.1, -0.05) is 11.6 Å². The highest BCUT2D eigenvalue weighted by Gasteiger charge is 2.31. The number of rotatable bonds is 2. The van der Waals surface area contributed by atoms with Crippen molar-refractivity contribution in [1.82, 2.24) is 4.90 Å². The highest BCUT2D eigenvalue weighted by atomic mass is 35.5. The van der Waals surface area contributed by atoms with Crippen molar-refractivity contribution in [2.24, 2.45) is 0 Å². The quantitative estimate of drug-likeness (QED) is 0.831. The van der Waals surface area contributed by atoms with E-state index in [9.17, 15) is 9.18 Å². The number of hydrogen-bond donors (Lipinski definition) is 0. The first-order chi connectivity index (χ1) is 9.74. The fourth-order valence-electron chi connectivity index (χ4n) is 2.07. The molecule has 0 unspecified atom stereocenters. The van der Waals surface area contributed by atoms with Crippen LogP contribution in [0.15, 0.2) is 18.2 Å². The van der Waals surface area contributed by atoms with Crippen molar-refractivity contribution in [3.8, 4) is 5.75 Å². The Morgan fingerprint density at radius 2 is 2.14 bits per heavy atom. The molecular weight excluding hydrogens is 297 g/mol. The number of likely N-dealkylation sites (tertiary alicyclic amines) is 1. The lowest BCUT2D eigenvalue weighted by atomic mass is 10.2. The molecule has 1 aromatic carbocycles. The molecule has 116 valence electrons.